The molecule has 0 atom stereocenters. The lowest BCUT2D eigenvalue weighted by molar-refractivity contribution is -0.125. The Bertz CT molecular complexity index is 569. The molecule has 2 fully saturated rings. The predicted octanol–water partition coefficient (Wildman–Crippen LogP) is 2.44. The summed E-state index contributed by atoms with van der Waals surface area (Å²) < 4.78 is 0. The van der Waals surface area contributed by atoms with E-state index in [0.717, 1.165) is 55.6 Å². The first-order valence-electron chi connectivity index (χ1n) is 8.12. The van der Waals surface area contributed by atoms with Crippen molar-refractivity contribution in [3.63, 3.8) is 0 Å². The van der Waals surface area contributed by atoms with Gasteiger partial charge in [0.2, 0.25) is 5.91 Å². The van der Waals surface area contributed by atoms with Gasteiger partial charge in [-0.3, -0.25) is 9.59 Å². The second-order valence-corrected chi connectivity index (χ2v) is 6.95. The summed E-state index contributed by atoms with van der Waals surface area (Å²) in [5.74, 6) is 0.306. The molecule has 4 nitrogen and oxygen atoms in total. The highest BCUT2D eigenvalue weighted by atomic mass is 16.2. The second-order valence-electron chi connectivity index (χ2n) is 6.95. The number of piperidine rings is 2. The van der Waals surface area contributed by atoms with Gasteiger partial charge in [0.1, 0.15) is 0 Å². The van der Waals surface area contributed by atoms with Crippen LogP contribution in [0.1, 0.15) is 47.2 Å². The molecule has 2 saturated heterocycles. The predicted molar refractivity (Wildman–Crippen MR) is 85.7 cm³/mol. The van der Waals surface area contributed by atoms with E-state index < -0.39 is 0 Å². The molecule has 0 aromatic heterocycles. The monoisotopic (exact) mass is 300 g/mol. The fraction of sp³-hybridized carbons (Fsp3) is 0.556. The largest absolute Gasteiger partial charge is 0.356 e. The van der Waals surface area contributed by atoms with Crippen LogP contribution in [0.3, 0.4) is 0 Å². The summed E-state index contributed by atoms with van der Waals surface area (Å²) in [5.41, 5.74) is 3.27. The van der Waals surface area contributed by atoms with Crippen LogP contribution < -0.4 is 5.32 Å². The highest BCUT2D eigenvalue weighted by molar-refractivity contribution is 5.94. The number of nitrogens with zero attached hydrogens (tertiary/aromatic N) is 1. The van der Waals surface area contributed by atoms with Gasteiger partial charge in [0.25, 0.3) is 5.91 Å². The average Bonchev–Trinajstić information content (AvgIpc) is 2.50. The van der Waals surface area contributed by atoms with Crippen molar-refractivity contribution in [1.29, 1.82) is 0 Å². The number of nitrogens with one attached hydrogen (secondary N) is 1. The Balaban J connectivity index is 1.66. The minimum absolute atomic E-state index is 0.140. The van der Waals surface area contributed by atoms with Crippen molar-refractivity contribution in [3.8, 4) is 0 Å². The number of carbonyl (C=O) groups is 2. The van der Waals surface area contributed by atoms with E-state index >= 15 is 0 Å². The Morgan fingerprint density at radius 3 is 2.27 bits per heavy atom. The van der Waals surface area contributed by atoms with Crippen molar-refractivity contribution < 1.29 is 9.59 Å². The molecule has 1 aromatic carbocycles. The van der Waals surface area contributed by atoms with Crippen LogP contribution in [0.2, 0.25) is 0 Å². The average molecular weight is 300 g/mol. The number of rotatable bonds is 1. The summed E-state index contributed by atoms with van der Waals surface area (Å²) >= 11 is 0. The third-order valence-corrected chi connectivity index (χ3v) is 5.12. The molecule has 118 valence electrons. The number of amides is 2. The molecule has 22 heavy (non-hydrogen) atoms. The molecule has 1 aromatic rings. The maximum atomic E-state index is 12.7. The van der Waals surface area contributed by atoms with Crippen LogP contribution in [0.5, 0.6) is 0 Å². The molecular weight excluding hydrogens is 276 g/mol. The van der Waals surface area contributed by atoms with Crippen LogP contribution >= 0.6 is 0 Å². The summed E-state index contributed by atoms with van der Waals surface area (Å²) in [6.07, 6.45) is 3.57. The Morgan fingerprint density at radius 2 is 1.73 bits per heavy atom. The molecule has 0 aliphatic carbocycles. The third-order valence-electron chi connectivity index (χ3n) is 5.12. The van der Waals surface area contributed by atoms with Gasteiger partial charge in [0, 0.05) is 31.6 Å². The fourth-order valence-electron chi connectivity index (χ4n) is 3.73. The Kier molecular flexibility index (Phi) is 3.94. The van der Waals surface area contributed by atoms with E-state index in [1.165, 1.54) is 0 Å². The zero-order valence-electron chi connectivity index (χ0n) is 13.4. The molecule has 0 bridgehead atoms. The van der Waals surface area contributed by atoms with Gasteiger partial charge in [-0.25, -0.2) is 0 Å². The van der Waals surface area contributed by atoms with Crippen molar-refractivity contribution in [3.05, 3.63) is 34.9 Å². The van der Waals surface area contributed by atoms with Gasteiger partial charge in [-0.15, -0.1) is 0 Å². The zero-order valence-corrected chi connectivity index (χ0v) is 13.4. The fourth-order valence-corrected chi connectivity index (χ4v) is 3.73. The van der Waals surface area contributed by atoms with Gasteiger partial charge in [-0.1, -0.05) is 17.2 Å². The summed E-state index contributed by atoms with van der Waals surface area (Å²) in [6, 6.07) is 6.04. The molecule has 2 amide bonds. The summed E-state index contributed by atoms with van der Waals surface area (Å²) in [7, 11) is 0. The number of hydrogen-bond acceptors (Lipinski definition) is 2. The molecule has 2 aliphatic rings. The summed E-state index contributed by atoms with van der Waals surface area (Å²) in [5, 5.41) is 2.99. The normalized spacial score (nSPS) is 20.8. The van der Waals surface area contributed by atoms with Gasteiger partial charge in [0.15, 0.2) is 0 Å². The lowest BCUT2D eigenvalue weighted by Crippen LogP contribution is -2.50. The topological polar surface area (TPSA) is 49.4 Å². The van der Waals surface area contributed by atoms with Crippen LogP contribution in [-0.2, 0) is 4.79 Å². The van der Waals surface area contributed by atoms with Crippen LogP contribution in [0, 0.1) is 19.3 Å². The highest BCUT2D eigenvalue weighted by Gasteiger charge is 2.38. The van der Waals surface area contributed by atoms with E-state index in [-0.39, 0.29) is 17.2 Å². The van der Waals surface area contributed by atoms with Crippen LogP contribution in [0.4, 0.5) is 0 Å². The molecular formula is C18H24N2O2. The maximum Gasteiger partial charge on any atom is 0.253 e. The lowest BCUT2D eigenvalue weighted by atomic mass is 9.73. The molecule has 3 rings (SSSR count). The smallest absolute Gasteiger partial charge is 0.253 e. The number of aryl methyl sites for hydroxylation is 2. The van der Waals surface area contributed by atoms with Crippen molar-refractivity contribution >= 4 is 11.8 Å². The van der Waals surface area contributed by atoms with Crippen LogP contribution in [-0.4, -0.2) is 36.3 Å². The number of benzene rings is 1. The Morgan fingerprint density at radius 1 is 1.09 bits per heavy atom. The third kappa shape index (κ3) is 3.01. The summed E-state index contributed by atoms with van der Waals surface area (Å²) in [4.78, 5) is 26.0. The van der Waals surface area contributed by atoms with E-state index in [1.807, 2.05) is 30.9 Å². The Hall–Kier alpha value is -1.84. The van der Waals surface area contributed by atoms with Gasteiger partial charge in [-0.2, -0.15) is 0 Å². The maximum absolute atomic E-state index is 12.7. The van der Waals surface area contributed by atoms with Crippen molar-refractivity contribution in [2.24, 2.45) is 5.41 Å². The van der Waals surface area contributed by atoms with E-state index in [1.54, 1.807) is 0 Å². The number of hydrogen-bond donors (Lipinski definition) is 1. The SMILES string of the molecule is Cc1cc(C)cc(C(=O)N2CCC3(CCC(=O)NC3)CC2)c1. The lowest BCUT2D eigenvalue weighted by Gasteiger charge is -2.44. The van der Waals surface area contributed by atoms with Gasteiger partial charge >= 0.3 is 0 Å². The molecule has 0 radical (unpaired) electrons. The number of likely N-dealkylation sites (tertiary alicyclic amines) is 1. The molecule has 0 saturated carbocycles. The molecule has 1 N–H and O–H groups in total. The molecule has 4 heteroatoms. The van der Waals surface area contributed by atoms with Crippen LogP contribution in [0.15, 0.2) is 18.2 Å². The molecule has 2 heterocycles. The summed E-state index contributed by atoms with van der Waals surface area (Å²) in [6.45, 7) is 6.42. The van der Waals surface area contributed by atoms with Crippen molar-refractivity contribution in [1.82, 2.24) is 10.2 Å². The Labute approximate surface area is 131 Å². The van der Waals surface area contributed by atoms with Crippen molar-refractivity contribution in [2.75, 3.05) is 19.6 Å². The number of carbonyl (C=O) groups excluding carboxylic acids is 2. The van der Waals surface area contributed by atoms with E-state index in [2.05, 4.69) is 11.4 Å². The minimum atomic E-state index is 0.140. The van der Waals surface area contributed by atoms with E-state index in [0.29, 0.717) is 6.42 Å². The standard InChI is InChI=1S/C18H24N2O2/c1-13-9-14(2)11-15(10-13)17(22)20-7-5-18(6-8-20)4-3-16(21)19-12-18/h9-11H,3-8,12H2,1-2H3,(H,19,21). The molecule has 2 aliphatic heterocycles. The van der Waals surface area contributed by atoms with Crippen LogP contribution in [0.25, 0.3) is 0 Å². The van der Waals surface area contributed by atoms with Gasteiger partial charge in [-0.05, 0) is 50.7 Å². The van der Waals surface area contributed by atoms with E-state index in [4.69, 9.17) is 0 Å². The first-order chi connectivity index (χ1) is 10.5. The van der Waals surface area contributed by atoms with Gasteiger partial charge < -0.3 is 10.2 Å². The van der Waals surface area contributed by atoms with E-state index in [9.17, 15) is 9.59 Å². The molecule has 0 unspecified atom stereocenters. The molecule has 1 spiro atoms. The second kappa shape index (κ2) is 5.75. The van der Waals surface area contributed by atoms with Crippen molar-refractivity contribution in [2.45, 2.75) is 39.5 Å². The van der Waals surface area contributed by atoms with Gasteiger partial charge in [0.05, 0.1) is 0 Å². The first kappa shape index (κ1) is 15.1. The zero-order chi connectivity index (χ0) is 15.7. The quantitative estimate of drug-likeness (QED) is 0.866. The minimum Gasteiger partial charge on any atom is -0.356 e. The first-order valence-corrected chi connectivity index (χ1v) is 8.12. The highest BCUT2D eigenvalue weighted by Crippen LogP contribution is 2.37.